The van der Waals surface area contributed by atoms with E-state index in [0.717, 1.165) is 12.1 Å². The lowest BCUT2D eigenvalue weighted by Crippen LogP contribution is -2.39. The minimum absolute atomic E-state index is 0.0827. The second kappa shape index (κ2) is 7.87. The van der Waals surface area contributed by atoms with Crippen LogP contribution in [-0.2, 0) is 16.6 Å². The number of nitrogens with zero attached hydrogens (tertiary/aromatic N) is 2. The lowest BCUT2D eigenvalue weighted by atomic mass is 10.2. The summed E-state index contributed by atoms with van der Waals surface area (Å²) in [6.07, 6.45) is 1.63. The molecule has 0 unspecified atom stereocenters. The smallest absolute Gasteiger partial charge is 0.260 e. The van der Waals surface area contributed by atoms with Crippen molar-refractivity contribution in [3.05, 3.63) is 23.9 Å². The largest absolute Gasteiger partial charge is 0.313 e. The fourth-order valence-electron chi connectivity index (χ4n) is 2.00. The summed E-state index contributed by atoms with van der Waals surface area (Å²) in [7, 11) is -3.53. The molecular weight excluding hydrogens is 286 g/mol. The SMILES string of the molecule is CCNCc1ccc(S(=O)(=O)N(CC(C)C)C(C)C)nc1. The zero-order valence-electron chi connectivity index (χ0n) is 13.6. The number of nitrogens with one attached hydrogen (secondary N) is 1. The van der Waals surface area contributed by atoms with Crippen molar-refractivity contribution in [3.63, 3.8) is 0 Å². The predicted octanol–water partition coefficient (Wildman–Crippen LogP) is 2.25. The third-order valence-corrected chi connectivity index (χ3v) is 5.03. The van der Waals surface area contributed by atoms with Crippen LogP contribution in [-0.4, -0.2) is 36.8 Å². The number of sulfonamides is 1. The van der Waals surface area contributed by atoms with E-state index in [-0.39, 0.29) is 17.0 Å². The van der Waals surface area contributed by atoms with Gasteiger partial charge >= 0.3 is 0 Å². The summed E-state index contributed by atoms with van der Waals surface area (Å²) < 4.78 is 26.9. The first kappa shape index (κ1) is 18.1. The Morgan fingerprint density at radius 2 is 1.90 bits per heavy atom. The van der Waals surface area contributed by atoms with Crippen molar-refractivity contribution in [1.29, 1.82) is 0 Å². The highest BCUT2D eigenvalue weighted by Gasteiger charge is 2.28. The molecule has 1 aromatic rings. The van der Waals surface area contributed by atoms with Gasteiger partial charge in [0.1, 0.15) is 0 Å². The molecular formula is C15H27N3O2S. The highest BCUT2D eigenvalue weighted by atomic mass is 32.2. The van der Waals surface area contributed by atoms with E-state index < -0.39 is 10.0 Å². The molecule has 0 aliphatic carbocycles. The molecule has 0 saturated carbocycles. The normalized spacial score (nSPS) is 12.6. The van der Waals surface area contributed by atoms with E-state index in [1.54, 1.807) is 12.3 Å². The standard InChI is InChI=1S/C15H27N3O2S/c1-6-16-9-14-7-8-15(17-10-14)21(19,20)18(13(4)5)11-12(2)3/h7-8,10,12-13,16H,6,9,11H2,1-5H3. The van der Waals surface area contributed by atoms with Gasteiger partial charge in [0.2, 0.25) is 0 Å². The van der Waals surface area contributed by atoms with Gasteiger partial charge in [0, 0.05) is 25.3 Å². The molecule has 120 valence electrons. The first-order chi connectivity index (χ1) is 9.78. The van der Waals surface area contributed by atoms with E-state index in [1.807, 2.05) is 40.7 Å². The third-order valence-electron chi connectivity index (χ3n) is 3.07. The second-order valence-corrected chi connectivity index (χ2v) is 7.68. The third kappa shape index (κ3) is 5.05. The molecule has 0 spiro atoms. The number of hydrogen-bond donors (Lipinski definition) is 1. The molecule has 0 aromatic carbocycles. The maximum Gasteiger partial charge on any atom is 0.260 e. The first-order valence-corrected chi connectivity index (χ1v) is 8.90. The quantitative estimate of drug-likeness (QED) is 0.799. The van der Waals surface area contributed by atoms with Crippen LogP contribution in [0.1, 0.15) is 40.2 Å². The molecule has 1 N–H and O–H groups in total. The van der Waals surface area contributed by atoms with Crippen molar-refractivity contribution in [2.75, 3.05) is 13.1 Å². The molecule has 0 amide bonds. The van der Waals surface area contributed by atoms with Gasteiger partial charge in [-0.3, -0.25) is 0 Å². The summed E-state index contributed by atoms with van der Waals surface area (Å²) in [6.45, 7) is 11.9. The van der Waals surface area contributed by atoms with E-state index in [0.29, 0.717) is 13.1 Å². The average molecular weight is 313 g/mol. The van der Waals surface area contributed by atoms with Crippen LogP contribution in [0.15, 0.2) is 23.4 Å². The predicted molar refractivity (Wildman–Crippen MR) is 85.5 cm³/mol. The average Bonchev–Trinajstić information content (AvgIpc) is 2.42. The molecule has 0 aliphatic rings. The van der Waals surface area contributed by atoms with Crippen molar-refractivity contribution >= 4 is 10.0 Å². The molecule has 6 heteroatoms. The maximum absolute atomic E-state index is 12.7. The Kier molecular flexibility index (Phi) is 6.77. The van der Waals surface area contributed by atoms with Gasteiger partial charge in [0.05, 0.1) is 0 Å². The lowest BCUT2D eigenvalue weighted by molar-refractivity contribution is 0.318. The fourth-order valence-corrected chi connectivity index (χ4v) is 3.72. The Morgan fingerprint density at radius 1 is 1.24 bits per heavy atom. The van der Waals surface area contributed by atoms with Gasteiger partial charge in [-0.2, -0.15) is 4.31 Å². The van der Waals surface area contributed by atoms with E-state index in [2.05, 4.69) is 10.3 Å². The number of pyridine rings is 1. The number of rotatable bonds is 8. The summed E-state index contributed by atoms with van der Waals surface area (Å²) in [4.78, 5) is 4.14. The van der Waals surface area contributed by atoms with Crippen LogP contribution in [0.2, 0.25) is 0 Å². The zero-order valence-corrected chi connectivity index (χ0v) is 14.4. The Balaban J connectivity index is 2.99. The fraction of sp³-hybridized carbons (Fsp3) is 0.667. The molecule has 0 atom stereocenters. The maximum atomic E-state index is 12.7. The van der Waals surface area contributed by atoms with Crippen LogP contribution in [0.4, 0.5) is 0 Å². The lowest BCUT2D eigenvalue weighted by Gasteiger charge is -2.27. The van der Waals surface area contributed by atoms with Crippen molar-refractivity contribution in [1.82, 2.24) is 14.6 Å². The molecule has 0 radical (unpaired) electrons. The van der Waals surface area contributed by atoms with Crippen LogP contribution in [0.5, 0.6) is 0 Å². The minimum Gasteiger partial charge on any atom is -0.313 e. The second-order valence-electron chi connectivity index (χ2n) is 5.85. The summed E-state index contributed by atoms with van der Waals surface area (Å²) in [5.41, 5.74) is 0.982. The van der Waals surface area contributed by atoms with Gasteiger partial charge in [-0.1, -0.05) is 26.8 Å². The molecule has 1 rings (SSSR count). The molecule has 1 aromatic heterocycles. The number of hydrogen-bond acceptors (Lipinski definition) is 4. The zero-order chi connectivity index (χ0) is 16.0. The summed E-state index contributed by atoms with van der Waals surface area (Å²) >= 11 is 0. The van der Waals surface area contributed by atoms with E-state index >= 15 is 0 Å². The topological polar surface area (TPSA) is 62.3 Å². The van der Waals surface area contributed by atoms with Crippen LogP contribution < -0.4 is 5.32 Å². The molecule has 21 heavy (non-hydrogen) atoms. The van der Waals surface area contributed by atoms with Crippen LogP contribution in [0.3, 0.4) is 0 Å². The monoisotopic (exact) mass is 313 g/mol. The van der Waals surface area contributed by atoms with Crippen LogP contribution >= 0.6 is 0 Å². The summed E-state index contributed by atoms with van der Waals surface area (Å²) in [5, 5.41) is 3.31. The molecule has 0 bridgehead atoms. The van der Waals surface area contributed by atoms with E-state index in [1.165, 1.54) is 4.31 Å². The molecule has 5 nitrogen and oxygen atoms in total. The van der Waals surface area contributed by atoms with Crippen molar-refractivity contribution in [3.8, 4) is 0 Å². The van der Waals surface area contributed by atoms with Crippen molar-refractivity contribution < 1.29 is 8.42 Å². The van der Waals surface area contributed by atoms with Crippen molar-refractivity contribution in [2.24, 2.45) is 5.92 Å². The van der Waals surface area contributed by atoms with Gasteiger partial charge in [0.15, 0.2) is 5.03 Å². The summed E-state index contributed by atoms with van der Waals surface area (Å²) in [5.74, 6) is 0.273. The Labute approximate surface area is 128 Å². The molecule has 0 saturated heterocycles. The van der Waals surface area contributed by atoms with Gasteiger partial charge in [-0.15, -0.1) is 0 Å². The molecule has 0 aliphatic heterocycles. The van der Waals surface area contributed by atoms with Gasteiger partial charge in [0.25, 0.3) is 10.0 Å². The van der Waals surface area contributed by atoms with E-state index in [4.69, 9.17) is 0 Å². The Morgan fingerprint density at radius 3 is 2.33 bits per heavy atom. The first-order valence-electron chi connectivity index (χ1n) is 7.46. The van der Waals surface area contributed by atoms with Gasteiger partial charge in [-0.25, -0.2) is 13.4 Å². The Hall–Kier alpha value is -0.980. The molecule has 0 fully saturated rings. The van der Waals surface area contributed by atoms with Gasteiger partial charge < -0.3 is 5.32 Å². The van der Waals surface area contributed by atoms with Crippen molar-refractivity contribution in [2.45, 2.75) is 52.2 Å². The number of aromatic nitrogens is 1. The van der Waals surface area contributed by atoms with Crippen LogP contribution in [0.25, 0.3) is 0 Å². The Bertz CT molecular complexity index is 524. The highest BCUT2D eigenvalue weighted by Crippen LogP contribution is 2.18. The van der Waals surface area contributed by atoms with Gasteiger partial charge in [-0.05, 0) is 37.9 Å². The summed E-state index contributed by atoms with van der Waals surface area (Å²) in [6, 6.07) is 3.33. The van der Waals surface area contributed by atoms with Crippen LogP contribution in [0, 0.1) is 5.92 Å². The highest BCUT2D eigenvalue weighted by molar-refractivity contribution is 7.89. The minimum atomic E-state index is -3.53. The molecule has 1 heterocycles. The van der Waals surface area contributed by atoms with E-state index in [9.17, 15) is 8.42 Å².